The van der Waals surface area contributed by atoms with Gasteiger partial charge in [-0.3, -0.25) is 14.6 Å². The fourth-order valence-corrected chi connectivity index (χ4v) is 1.80. The zero-order valence-electron chi connectivity index (χ0n) is 8.92. The molecule has 2 heterocycles. The smallest absolute Gasteiger partial charge is 0.311 e. The van der Waals surface area contributed by atoms with Crippen molar-refractivity contribution in [3.63, 3.8) is 0 Å². The Bertz CT molecular complexity index is 405. The zero-order chi connectivity index (χ0) is 11.5. The van der Waals surface area contributed by atoms with E-state index < -0.39 is 0 Å². The summed E-state index contributed by atoms with van der Waals surface area (Å²) in [6.45, 7) is 0.372. The highest BCUT2D eigenvalue weighted by Gasteiger charge is 2.35. The number of aromatic nitrogens is 1. The SMILES string of the molecule is COC(=O)C1CC(=O)N(c2cccnc2)C1. The number of carbonyl (C=O) groups excluding carboxylic acids is 2. The average molecular weight is 220 g/mol. The number of rotatable bonds is 2. The first-order valence-electron chi connectivity index (χ1n) is 5.00. The van der Waals surface area contributed by atoms with Crippen molar-refractivity contribution in [3.8, 4) is 0 Å². The van der Waals surface area contributed by atoms with Crippen LogP contribution in [-0.2, 0) is 14.3 Å². The molecule has 1 aliphatic rings. The molecule has 0 spiro atoms. The zero-order valence-corrected chi connectivity index (χ0v) is 8.92. The molecule has 1 aliphatic heterocycles. The topological polar surface area (TPSA) is 59.5 Å². The van der Waals surface area contributed by atoms with Gasteiger partial charge in [0.25, 0.3) is 0 Å². The third kappa shape index (κ3) is 1.88. The van der Waals surface area contributed by atoms with Gasteiger partial charge in [-0.1, -0.05) is 0 Å². The van der Waals surface area contributed by atoms with Crippen LogP contribution in [0.2, 0.25) is 0 Å². The summed E-state index contributed by atoms with van der Waals surface area (Å²) >= 11 is 0. The quantitative estimate of drug-likeness (QED) is 0.685. The standard InChI is InChI=1S/C11H12N2O3/c1-16-11(15)8-5-10(14)13(7-8)9-3-2-4-12-6-9/h2-4,6,8H,5,7H2,1H3. The van der Waals surface area contributed by atoms with Gasteiger partial charge in [0, 0.05) is 19.2 Å². The van der Waals surface area contributed by atoms with E-state index in [1.54, 1.807) is 29.4 Å². The summed E-state index contributed by atoms with van der Waals surface area (Å²) in [5.74, 6) is -0.763. The van der Waals surface area contributed by atoms with Gasteiger partial charge in [-0.05, 0) is 12.1 Å². The summed E-state index contributed by atoms with van der Waals surface area (Å²) in [4.78, 5) is 28.5. The second kappa shape index (κ2) is 4.30. The molecule has 0 N–H and O–H groups in total. The first-order chi connectivity index (χ1) is 7.72. The Balaban J connectivity index is 2.14. The van der Waals surface area contributed by atoms with Crippen molar-refractivity contribution in [3.05, 3.63) is 24.5 Å². The second-order valence-electron chi connectivity index (χ2n) is 3.64. The Morgan fingerprint density at radius 3 is 3.06 bits per heavy atom. The predicted octanol–water partition coefficient (Wildman–Crippen LogP) is 0.608. The maximum atomic E-state index is 11.7. The Labute approximate surface area is 93.0 Å². The van der Waals surface area contributed by atoms with Crippen molar-refractivity contribution >= 4 is 17.6 Å². The van der Waals surface area contributed by atoms with Crippen LogP contribution in [0.25, 0.3) is 0 Å². The first-order valence-corrected chi connectivity index (χ1v) is 5.00. The van der Waals surface area contributed by atoms with E-state index in [-0.39, 0.29) is 24.2 Å². The van der Waals surface area contributed by atoms with Gasteiger partial charge in [0.15, 0.2) is 0 Å². The Morgan fingerprint density at radius 2 is 2.44 bits per heavy atom. The molecular formula is C11H12N2O3. The molecule has 1 aromatic rings. The molecule has 1 amide bonds. The summed E-state index contributed by atoms with van der Waals surface area (Å²) in [5, 5.41) is 0. The molecular weight excluding hydrogens is 208 g/mol. The second-order valence-corrected chi connectivity index (χ2v) is 3.64. The fourth-order valence-electron chi connectivity index (χ4n) is 1.80. The molecule has 0 aromatic carbocycles. The third-order valence-corrected chi connectivity index (χ3v) is 2.62. The Hall–Kier alpha value is -1.91. The summed E-state index contributed by atoms with van der Waals surface area (Å²) in [7, 11) is 1.33. The molecule has 5 nitrogen and oxygen atoms in total. The molecule has 5 heteroatoms. The number of carbonyl (C=O) groups is 2. The van der Waals surface area contributed by atoms with Gasteiger partial charge < -0.3 is 9.64 Å². The van der Waals surface area contributed by atoms with E-state index >= 15 is 0 Å². The lowest BCUT2D eigenvalue weighted by molar-refractivity contribution is -0.145. The number of ether oxygens (including phenoxy) is 1. The van der Waals surface area contributed by atoms with E-state index in [0.29, 0.717) is 6.54 Å². The van der Waals surface area contributed by atoms with Crippen LogP contribution >= 0.6 is 0 Å². The van der Waals surface area contributed by atoms with Crippen LogP contribution in [0.1, 0.15) is 6.42 Å². The number of amides is 1. The highest BCUT2D eigenvalue weighted by Crippen LogP contribution is 2.24. The molecule has 1 saturated heterocycles. The highest BCUT2D eigenvalue weighted by atomic mass is 16.5. The minimum Gasteiger partial charge on any atom is -0.469 e. The Morgan fingerprint density at radius 1 is 1.62 bits per heavy atom. The lowest BCUT2D eigenvalue weighted by atomic mass is 10.1. The van der Waals surface area contributed by atoms with Gasteiger partial charge in [0.2, 0.25) is 5.91 Å². The number of anilines is 1. The van der Waals surface area contributed by atoms with E-state index in [2.05, 4.69) is 9.72 Å². The molecule has 1 atom stereocenters. The summed E-state index contributed by atoms with van der Waals surface area (Å²) in [6.07, 6.45) is 3.46. The number of hydrogen-bond acceptors (Lipinski definition) is 4. The highest BCUT2D eigenvalue weighted by molar-refractivity contribution is 5.99. The molecule has 0 radical (unpaired) electrons. The van der Waals surface area contributed by atoms with Gasteiger partial charge in [-0.15, -0.1) is 0 Å². The van der Waals surface area contributed by atoms with E-state index in [1.807, 2.05) is 0 Å². The van der Waals surface area contributed by atoms with Crippen LogP contribution in [-0.4, -0.2) is 30.5 Å². The molecule has 2 rings (SSSR count). The summed E-state index contributed by atoms with van der Waals surface area (Å²) in [5.41, 5.74) is 0.721. The Kier molecular flexibility index (Phi) is 2.85. The lowest BCUT2D eigenvalue weighted by Crippen LogP contribution is -2.26. The molecule has 1 unspecified atom stereocenters. The lowest BCUT2D eigenvalue weighted by Gasteiger charge is -2.15. The molecule has 0 aliphatic carbocycles. The number of esters is 1. The number of pyridine rings is 1. The van der Waals surface area contributed by atoms with Crippen molar-refractivity contribution in [1.82, 2.24) is 4.98 Å². The fraction of sp³-hybridized carbons (Fsp3) is 0.364. The number of methoxy groups -OCH3 is 1. The van der Waals surface area contributed by atoms with Gasteiger partial charge in [0.1, 0.15) is 0 Å². The van der Waals surface area contributed by atoms with Crippen molar-refractivity contribution in [2.75, 3.05) is 18.6 Å². The summed E-state index contributed by atoms with van der Waals surface area (Å²) in [6, 6.07) is 3.55. The van der Waals surface area contributed by atoms with Crippen molar-refractivity contribution in [2.24, 2.45) is 5.92 Å². The van der Waals surface area contributed by atoms with Gasteiger partial charge in [0.05, 0.1) is 24.9 Å². The van der Waals surface area contributed by atoms with Crippen LogP contribution in [0.4, 0.5) is 5.69 Å². The van der Waals surface area contributed by atoms with E-state index in [1.165, 1.54) is 7.11 Å². The normalized spacial score (nSPS) is 19.9. The molecule has 16 heavy (non-hydrogen) atoms. The van der Waals surface area contributed by atoms with Gasteiger partial charge in [-0.2, -0.15) is 0 Å². The van der Waals surface area contributed by atoms with E-state index in [0.717, 1.165) is 5.69 Å². The molecule has 84 valence electrons. The average Bonchev–Trinajstić information content (AvgIpc) is 2.71. The minimum absolute atomic E-state index is 0.0663. The van der Waals surface area contributed by atoms with Crippen molar-refractivity contribution < 1.29 is 14.3 Å². The van der Waals surface area contributed by atoms with Gasteiger partial charge >= 0.3 is 5.97 Å². The maximum Gasteiger partial charge on any atom is 0.311 e. The van der Waals surface area contributed by atoms with Crippen LogP contribution in [0, 0.1) is 5.92 Å². The van der Waals surface area contributed by atoms with Crippen LogP contribution in [0.15, 0.2) is 24.5 Å². The van der Waals surface area contributed by atoms with Crippen LogP contribution < -0.4 is 4.90 Å². The van der Waals surface area contributed by atoms with Crippen molar-refractivity contribution in [2.45, 2.75) is 6.42 Å². The number of nitrogens with zero attached hydrogens (tertiary/aromatic N) is 2. The monoisotopic (exact) mass is 220 g/mol. The van der Waals surface area contributed by atoms with Gasteiger partial charge in [-0.25, -0.2) is 0 Å². The van der Waals surface area contributed by atoms with E-state index in [9.17, 15) is 9.59 Å². The maximum absolute atomic E-state index is 11.7. The van der Waals surface area contributed by atoms with Crippen molar-refractivity contribution in [1.29, 1.82) is 0 Å². The summed E-state index contributed by atoms with van der Waals surface area (Å²) < 4.78 is 4.63. The number of hydrogen-bond donors (Lipinski definition) is 0. The molecule has 0 bridgehead atoms. The predicted molar refractivity (Wildman–Crippen MR) is 56.7 cm³/mol. The molecule has 1 aromatic heterocycles. The minimum atomic E-state index is -0.363. The largest absolute Gasteiger partial charge is 0.469 e. The van der Waals surface area contributed by atoms with Crippen LogP contribution in [0.5, 0.6) is 0 Å². The first kappa shape index (κ1) is 10.6. The van der Waals surface area contributed by atoms with Crippen LogP contribution in [0.3, 0.4) is 0 Å². The molecule has 0 saturated carbocycles. The van der Waals surface area contributed by atoms with E-state index in [4.69, 9.17) is 0 Å². The molecule has 1 fully saturated rings. The third-order valence-electron chi connectivity index (χ3n) is 2.62.